The van der Waals surface area contributed by atoms with Crippen LogP contribution in [0.15, 0.2) is 24.3 Å². The summed E-state index contributed by atoms with van der Waals surface area (Å²) in [6.07, 6.45) is 0.259. The number of carboxylic acid groups (broad SMARTS) is 1. The van der Waals surface area contributed by atoms with Gasteiger partial charge in [-0.1, -0.05) is 23.7 Å². The Hall–Kier alpha value is -2.26. The van der Waals surface area contributed by atoms with Gasteiger partial charge in [-0.3, -0.25) is 4.79 Å². The van der Waals surface area contributed by atoms with Crippen molar-refractivity contribution < 1.29 is 19.4 Å². The first-order valence-electron chi connectivity index (χ1n) is 8.45. The van der Waals surface area contributed by atoms with Crippen molar-refractivity contribution in [2.75, 3.05) is 13.1 Å². The van der Waals surface area contributed by atoms with E-state index in [0.29, 0.717) is 36.5 Å². The third kappa shape index (κ3) is 4.28. The number of nitrogens with zero attached hydrogens (tertiary/aromatic N) is 2. The van der Waals surface area contributed by atoms with E-state index in [2.05, 4.69) is 0 Å². The van der Waals surface area contributed by atoms with Crippen LogP contribution >= 0.6 is 11.6 Å². The highest BCUT2D eigenvalue weighted by Crippen LogP contribution is 2.43. The number of likely N-dealkylation sites (tertiary alicyclic amines) is 1. The van der Waals surface area contributed by atoms with Gasteiger partial charge in [0.05, 0.1) is 6.07 Å². The van der Waals surface area contributed by atoms with E-state index in [-0.39, 0.29) is 0 Å². The topological polar surface area (TPSA) is 90.6 Å². The van der Waals surface area contributed by atoms with Crippen LogP contribution in [0.4, 0.5) is 4.79 Å². The molecule has 2 rings (SSSR count). The number of carboxylic acids is 1. The zero-order valence-electron chi connectivity index (χ0n) is 15.2. The van der Waals surface area contributed by atoms with Crippen LogP contribution in [0.1, 0.15) is 39.2 Å². The molecule has 0 aliphatic carbocycles. The fourth-order valence-electron chi connectivity index (χ4n) is 3.37. The molecule has 0 bridgehead atoms. The summed E-state index contributed by atoms with van der Waals surface area (Å²) in [5.41, 5.74) is -0.790. The third-order valence-corrected chi connectivity index (χ3v) is 4.87. The molecule has 1 amide bonds. The number of hydrogen-bond acceptors (Lipinski definition) is 4. The molecule has 7 heteroatoms. The van der Waals surface area contributed by atoms with E-state index in [4.69, 9.17) is 16.3 Å². The van der Waals surface area contributed by atoms with E-state index in [0.717, 1.165) is 0 Å². The number of carbonyl (C=O) groups is 2. The fourth-order valence-corrected chi connectivity index (χ4v) is 3.56. The van der Waals surface area contributed by atoms with Gasteiger partial charge in [0.2, 0.25) is 0 Å². The number of piperidine rings is 1. The second kappa shape index (κ2) is 7.55. The van der Waals surface area contributed by atoms with E-state index >= 15 is 0 Å². The average molecular weight is 379 g/mol. The summed E-state index contributed by atoms with van der Waals surface area (Å²) in [5, 5.41) is 19.6. The van der Waals surface area contributed by atoms with E-state index in [9.17, 15) is 20.0 Å². The van der Waals surface area contributed by atoms with Gasteiger partial charge in [-0.05, 0) is 51.3 Å². The number of carbonyl (C=O) groups excluding carboxylic acids is 1. The lowest BCUT2D eigenvalue weighted by Gasteiger charge is -2.43. The zero-order chi connectivity index (χ0) is 19.5. The molecule has 1 aliphatic rings. The zero-order valence-corrected chi connectivity index (χ0v) is 15.9. The Balaban J connectivity index is 2.31. The van der Waals surface area contributed by atoms with Crippen LogP contribution in [0.2, 0.25) is 5.02 Å². The van der Waals surface area contributed by atoms with Crippen LogP contribution < -0.4 is 0 Å². The summed E-state index contributed by atoms with van der Waals surface area (Å²) in [6.45, 7) is 6.00. The minimum Gasteiger partial charge on any atom is -0.480 e. The molecule has 26 heavy (non-hydrogen) atoms. The number of hydrogen-bond donors (Lipinski definition) is 1. The SMILES string of the molecule is CC(C)(C)OC(=O)N1CCC(c2cccc(Cl)c2)(C(C#N)C(=O)O)CC1. The van der Waals surface area contributed by atoms with Crippen LogP contribution in [-0.4, -0.2) is 40.8 Å². The van der Waals surface area contributed by atoms with Gasteiger partial charge in [0.15, 0.2) is 5.92 Å². The summed E-state index contributed by atoms with van der Waals surface area (Å²) >= 11 is 6.09. The monoisotopic (exact) mass is 378 g/mol. The van der Waals surface area contributed by atoms with Crippen molar-refractivity contribution in [2.24, 2.45) is 5.92 Å². The van der Waals surface area contributed by atoms with Gasteiger partial charge in [0.25, 0.3) is 0 Å². The van der Waals surface area contributed by atoms with Crippen molar-refractivity contribution in [3.05, 3.63) is 34.9 Å². The minimum absolute atomic E-state index is 0.312. The molecule has 1 aliphatic heterocycles. The Kier molecular flexibility index (Phi) is 5.82. The van der Waals surface area contributed by atoms with E-state index < -0.39 is 29.0 Å². The predicted molar refractivity (Wildman–Crippen MR) is 96.9 cm³/mol. The Bertz CT molecular complexity index is 728. The normalized spacial score (nSPS) is 17.9. The molecule has 0 spiro atoms. The summed E-state index contributed by atoms with van der Waals surface area (Å²) in [5.74, 6) is -2.39. The lowest BCUT2D eigenvalue weighted by molar-refractivity contribution is -0.142. The number of halogens is 1. The molecule has 1 N–H and O–H groups in total. The highest BCUT2D eigenvalue weighted by atomic mass is 35.5. The minimum atomic E-state index is -1.22. The fraction of sp³-hybridized carbons (Fsp3) is 0.526. The highest BCUT2D eigenvalue weighted by molar-refractivity contribution is 6.30. The van der Waals surface area contributed by atoms with Gasteiger partial charge < -0.3 is 14.7 Å². The lowest BCUT2D eigenvalue weighted by atomic mass is 9.65. The van der Waals surface area contributed by atoms with Gasteiger partial charge in [0, 0.05) is 23.5 Å². The van der Waals surface area contributed by atoms with Crippen molar-refractivity contribution in [1.82, 2.24) is 4.90 Å². The van der Waals surface area contributed by atoms with Crippen LogP contribution in [0.25, 0.3) is 0 Å². The number of rotatable bonds is 3. The Morgan fingerprint density at radius 3 is 2.42 bits per heavy atom. The molecule has 1 atom stereocenters. The van der Waals surface area contributed by atoms with Gasteiger partial charge in [0.1, 0.15) is 5.60 Å². The molecule has 0 aromatic heterocycles. The van der Waals surface area contributed by atoms with E-state index in [1.54, 1.807) is 49.9 Å². The highest BCUT2D eigenvalue weighted by Gasteiger charge is 2.48. The molecule has 0 radical (unpaired) electrons. The Morgan fingerprint density at radius 1 is 1.35 bits per heavy atom. The van der Waals surface area contributed by atoms with E-state index in [1.807, 2.05) is 6.07 Å². The molecule has 1 unspecified atom stereocenters. The summed E-state index contributed by atoms with van der Waals surface area (Å²) in [7, 11) is 0. The summed E-state index contributed by atoms with van der Waals surface area (Å²) in [4.78, 5) is 25.6. The maximum absolute atomic E-state index is 12.3. The second-order valence-corrected chi connectivity index (χ2v) is 7.97. The summed E-state index contributed by atoms with van der Waals surface area (Å²) in [6, 6.07) is 8.89. The largest absolute Gasteiger partial charge is 0.480 e. The Morgan fingerprint density at radius 2 is 1.96 bits per heavy atom. The predicted octanol–water partition coefficient (Wildman–Crippen LogP) is 3.83. The van der Waals surface area contributed by atoms with Crippen LogP contribution in [0.3, 0.4) is 0 Å². The van der Waals surface area contributed by atoms with Crippen LogP contribution in [0.5, 0.6) is 0 Å². The number of amides is 1. The van der Waals surface area contributed by atoms with Crippen molar-refractivity contribution in [3.8, 4) is 6.07 Å². The second-order valence-electron chi connectivity index (χ2n) is 7.53. The maximum atomic E-state index is 12.3. The number of benzene rings is 1. The van der Waals surface area contributed by atoms with Gasteiger partial charge in [-0.25, -0.2) is 4.79 Å². The third-order valence-electron chi connectivity index (χ3n) is 4.64. The first-order valence-corrected chi connectivity index (χ1v) is 8.83. The Labute approximate surface area is 158 Å². The molecule has 0 saturated carbocycles. The first-order chi connectivity index (χ1) is 12.1. The molecule has 1 saturated heterocycles. The average Bonchev–Trinajstić information content (AvgIpc) is 2.54. The summed E-state index contributed by atoms with van der Waals surface area (Å²) < 4.78 is 5.39. The van der Waals surface area contributed by atoms with Crippen LogP contribution in [0, 0.1) is 17.2 Å². The van der Waals surface area contributed by atoms with Crippen molar-refractivity contribution in [3.63, 3.8) is 0 Å². The first kappa shape index (κ1) is 20.1. The molecule has 1 fully saturated rings. The lowest BCUT2D eigenvalue weighted by Crippen LogP contribution is -2.51. The molecule has 140 valence electrons. The standard InChI is InChI=1S/C19H23ClN2O4/c1-18(2,3)26-17(25)22-9-7-19(8-10-22,15(12-21)16(23)24)13-5-4-6-14(20)11-13/h4-6,11,15H,7-10H2,1-3H3,(H,23,24). The smallest absolute Gasteiger partial charge is 0.410 e. The molecular formula is C19H23ClN2O4. The van der Waals surface area contributed by atoms with Crippen molar-refractivity contribution in [1.29, 1.82) is 5.26 Å². The number of aliphatic carboxylic acids is 1. The molecule has 6 nitrogen and oxygen atoms in total. The molecule has 1 heterocycles. The molecule has 1 aromatic carbocycles. The van der Waals surface area contributed by atoms with Crippen molar-refractivity contribution in [2.45, 2.75) is 44.6 Å². The van der Waals surface area contributed by atoms with Crippen molar-refractivity contribution >= 4 is 23.7 Å². The maximum Gasteiger partial charge on any atom is 0.410 e. The van der Waals surface area contributed by atoms with Gasteiger partial charge >= 0.3 is 12.1 Å². The molecular weight excluding hydrogens is 356 g/mol. The molecule has 1 aromatic rings. The van der Waals surface area contributed by atoms with Gasteiger partial charge in [-0.2, -0.15) is 5.26 Å². The van der Waals surface area contributed by atoms with Crippen LogP contribution in [-0.2, 0) is 14.9 Å². The number of nitriles is 1. The number of ether oxygens (including phenoxy) is 1. The quantitative estimate of drug-likeness (QED) is 0.862. The van der Waals surface area contributed by atoms with E-state index in [1.165, 1.54) is 0 Å². The van der Waals surface area contributed by atoms with Gasteiger partial charge in [-0.15, -0.1) is 0 Å².